The van der Waals surface area contributed by atoms with Crippen molar-refractivity contribution < 1.29 is 14.3 Å². The molecule has 0 saturated carbocycles. The maximum absolute atomic E-state index is 13.2. The number of aryl methyl sites for hydroxylation is 2. The first-order chi connectivity index (χ1) is 13.6. The fourth-order valence-corrected chi connectivity index (χ4v) is 4.14. The van der Waals surface area contributed by atoms with Crippen molar-refractivity contribution in [3.63, 3.8) is 0 Å². The monoisotopic (exact) mass is 378 g/mol. The van der Waals surface area contributed by atoms with Crippen LogP contribution >= 0.6 is 0 Å². The van der Waals surface area contributed by atoms with Crippen LogP contribution in [0.5, 0.6) is 0 Å². The summed E-state index contributed by atoms with van der Waals surface area (Å²) in [4.78, 5) is 28.0. The first-order valence-corrected chi connectivity index (χ1v) is 9.89. The molecule has 1 atom stereocenters. The number of carbonyl (C=O) groups excluding carboxylic acids is 2. The molecule has 0 aliphatic carbocycles. The number of hydrogen-bond donors (Lipinski definition) is 1. The van der Waals surface area contributed by atoms with E-state index in [2.05, 4.69) is 31.3 Å². The molecule has 2 aliphatic rings. The quantitative estimate of drug-likeness (QED) is 0.888. The minimum absolute atomic E-state index is 0.0334. The van der Waals surface area contributed by atoms with Crippen molar-refractivity contribution in [3.8, 4) is 0 Å². The molecule has 0 bridgehead atoms. The van der Waals surface area contributed by atoms with E-state index in [1.165, 1.54) is 11.1 Å². The van der Waals surface area contributed by atoms with Crippen molar-refractivity contribution in [1.82, 2.24) is 10.2 Å². The summed E-state index contributed by atoms with van der Waals surface area (Å²) in [5.41, 5.74) is 4.94. The Morgan fingerprint density at radius 3 is 2.61 bits per heavy atom. The molecule has 28 heavy (non-hydrogen) atoms. The van der Waals surface area contributed by atoms with Gasteiger partial charge in [0.05, 0.1) is 0 Å². The highest BCUT2D eigenvalue weighted by Gasteiger charge is 2.44. The molecule has 146 valence electrons. The SMILES string of the molecule is Cc1ccc(CNC(=O)C2c3ccccc3C(=O)N2C2CCOCC2)cc1C. The van der Waals surface area contributed by atoms with Crippen LogP contribution in [-0.4, -0.2) is 36.0 Å². The molecule has 1 saturated heterocycles. The molecule has 2 aliphatic heterocycles. The Morgan fingerprint density at radius 1 is 1.11 bits per heavy atom. The Morgan fingerprint density at radius 2 is 1.86 bits per heavy atom. The number of hydrogen-bond acceptors (Lipinski definition) is 3. The predicted molar refractivity (Wildman–Crippen MR) is 107 cm³/mol. The van der Waals surface area contributed by atoms with Crippen LogP contribution in [0, 0.1) is 13.8 Å². The first kappa shape index (κ1) is 18.7. The molecule has 1 N–H and O–H groups in total. The minimum Gasteiger partial charge on any atom is -0.381 e. The number of nitrogens with one attached hydrogen (secondary N) is 1. The molecule has 1 unspecified atom stereocenters. The van der Waals surface area contributed by atoms with E-state index in [1.54, 1.807) is 4.90 Å². The van der Waals surface area contributed by atoms with Crippen molar-refractivity contribution in [2.45, 2.75) is 45.3 Å². The maximum Gasteiger partial charge on any atom is 0.255 e. The van der Waals surface area contributed by atoms with E-state index in [9.17, 15) is 9.59 Å². The van der Waals surface area contributed by atoms with Gasteiger partial charge in [0.1, 0.15) is 6.04 Å². The van der Waals surface area contributed by atoms with Crippen molar-refractivity contribution >= 4 is 11.8 Å². The number of rotatable bonds is 4. The summed E-state index contributed by atoms with van der Waals surface area (Å²) in [5.74, 6) is -0.170. The van der Waals surface area contributed by atoms with Crippen molar-refractivity contribution in [1.29, 1.82) is 0 Å². The van der Waals surface area contributed by atoms with Gasteiger partial charge in [-0.1, -0.05) is 36.4 Å². The summed E-state index contributed by atoms with van der Waals surface area (Å²) in [6.07, 6.45) is 1.53. The van der Waals surface area contributed by atoms with Gasteiger partial charge in [0.2, 0.25) is 5.91 Å². The summed E-state index contributed by atoms with van der Waals surface area (Å²) in [6, 6.07) is 13.1. The van der Waals surface area contributed by atoms with Gasteiger partial charge in [-0.2, -0.15) is 0 Å². The Hall–Kier alpha value is -2.66. The van der Waals surface area contributed by atoms with E-state index in [-0.39, 0.29) is 17.9 Å². The number of carbonyl (C=O) groups is 2. The third kappa shape index (κ3) is 3.42. The lowest BCUT2D eigenvalue weighted by molar-refractivity contribution is -0.127. The van der Waals surface area contributed by atoms with Gasteiger partial charge in [-0.15, -0.1) is 0 Å². The molecule has 2 aromatic rings. The smallest absolute Gasteiger partial charge is 0.255 e. The maximum atomic E-state index is 13.2. The van der Waals surface area contributed by atoms with E-state index in [4.69, 9.17) is 4.74 Å². The standard InChI is InChI=1S/C23H26N2O3/c1-15-7-8-17(13-16(15)2)14-24-22(26)21-19-5-3-4-6-20(19)23(27)25(21)18-9-11-28-12-10-18/h3-8,13,18,21H,9-12,14H2,1-2H3,(H,24,26). The topological polar surface area (TPSA) is 58.6 Å². The summed E-state index contributed by atoms with van der Waals surface area (Å²) >= 11 is 0. The van der Waals surface area contributed by atoms with Crippen LogP contribution in [-0.2, 0) is 16.1 Å². The normalized spacial score (nSPS) is 19.6. The largest absolute Gasteiger partial charge is 0.381 e. The Bertz CT molecular complexity index is 902. The van der Waals surface area contributed by atoms with Gasteiger partial charge >= 0.3 is 0 Å². The van der Waals surface area contributed by atoms with Crippen molar-refractivity contribution in [2.24, 2.45) is 0 Å². The summed E-state index contributed by atoms with van der Waals surface area (Å²) < 4.78 is 5.45. The molecule has 2 heterocycles. The first-order valence-electron chi connectivity index (χ1n) is 9.89. The van der Waals surface area contributed by atoms with E-state index in [0.717, 1.165) is 24.0 Å². The summed E-state index contributed by atoms with van der Waals surface area (Å²) in [7, 11) is 0. The number of nitrogens with zero attached hydrogens (tertiary/aromatic N) is 1. The van der Waals surface area contributed by atoms with Crippen LogP contribution < -0.4 is 5.32 Å². The zero-order valence-electron chi connectivity index (χ0n) is 16.4. The molecule has 5 heteroatoms. The highest BCUT2D eigenvalue weighted by molar-refractivity contribution is 6.04. The Labute approximate surface area is 165 Å². The molecule has 5 nitrogen and oxygen atoms in total. The second-order valence-corrected chi connectivity index (χ2v) is 7.68. The molecule has 0 spiro atoms. The molecule has 1 fully saturated rings. The van der Waals surface area contributed by atoms with Gasteiger partial charge in [-0.3, -0.25) is 9.59 Å². The van der Waals surface area contributed by atoms with E-state index in [1.807, 2.05) is 30.3 Å². The Kier molecular flexibility index (Phi) is 5.18. The highest BCUT2D eigenvalue weighted by atomic mass is 16.5. The molecular formula is C23H26N2O3. The van der Waals surface area contributed by atoms with E-state index < -0.39 is 6.04 Å². The number of benzene rings is 2. The molecular weight excluding hydrogens is 352 g/mol. The second-order valence-electron chi connectivity index (χ2n) is 7.68. The molecule has 4 rings (SSSR count). The van der Waals surface area contributed by atoms with Crippen LogP contribution in [0.3, 0.4) is 0 Å². The summed E-state index contributed by atoms with van der Waals surface area (Å²) in [5, 5.41) is 3.05. The van der Waals surface area contributed by atoms with E-state index in [0.29, 0.717) is 25.3 Å². The van der Waals surface area contributed by atoms with Gasteiger partial charge in [0.25, 0.3) is 5.91 Å². The lowest BCUT2D eigenvalue weighted by Crippen LogP contribution is -2.46. The third-order valence-electron chi connectivity index (χ3n) is 5.87. The molecule has 2 aromatic carbocycles. The average Bonchev–Trinajstić information content (AvgIpc) is 3.02. The van der Waals surface area contributed by atoms with E-state index >= 15 is 0 Å². The number of ether oxygens (including phenoxy) is 1. The van der Waals surface area contributed by atoms with Crippen molar-refractivity contribution in [2.75, 3.05) is 13.2 Å². The van der Waals surface area contributed by atoms with Crippen LogP contribution in [0.15, 0.2) is 42.5 Å². The van der Waals surface area contributed by atoms with Crippen LogP contribution in [0.25, 0.3) is 0 Å². The molecule has 0 aromatic heterocycles. The third-order valence-corrected chi connectivity index (χ3v) is 5.87. The van der Waals surface area contributed by atoms with Crippen LogP contribution in [0.2, 0.25) is 0 Å². The van der Waals surface area contributed by atoms with Gasteiger partial charge in [-0.05, 0) is 55.0 Å². The van der Waals surface area contributed by atoms with Gasteiger partial charge in [-0.25, -0.2) is 0 Å². The Balaban J connectivity index is 1.57. The summed E-state index contributed by atoms with van der Waals surface area (Å²) in [6.45, 7) is 5.85. The van der Waals surface area contributed by atoms with Crippen LogP contribution in [0.1, 0.15) is 51.5 Å². The van der Waals surface area contributed by atoms with Gasteiger partial charge in [0, 0.05) is 31.4 Å². The predicted octanol–water partition coefficient (Wildman–Crippen LogP) is 3.30. The lowest BCUT2D eigenvalue weighted by atomic mass is 10.0. The zero-order chi connectivity index (χ0) is 19.7. The fourth-order valence-electron chi connectivity index (χ4n) is 4.14. The molecule has 2 amide bonds. The van der Waals surface area contributed by atoms with Crippen LogP contribution in [0.4, 0.5) is 0 Å². The highest BCUT2D eigenvalue weighted by Crippen LogP contribution is 2.37. The average molecular weight is 378 g/mol. The molecule has 0 radical (unpaired) electrons. The van der Waals surface area contributed by atoms with Crippen molar-refractivity contribution in [3.05, 3.63) is 70.3 Å². The number of amides is 2. The number of fused-ring (bicyclic) bond motifs is 1. The van der Waals surface area contributed by atoms with Gasteiger partial charge < -0.3 is 15.0 Å². The fraction of sp³-hybridized carbons (Fsp3) is 0.391. The minimum atomic E-state index is -0.571. The second kappa shape index (κ2) is 7.76. The lowest BCUT2D eigenvalue weighted by Gasteiger charge is -2.35. The zero-order valence-corrected chi connectivity index (χ0v) is 16.4. The van der Waals surface area contributed by atoms with Gasteiger partial charge in [0.15, 0.2) is 0 Å².